The van der Waals surface area contributed by atoms with Crippen LogP contribution in [0.15, 0.2) is 47.1 Å². The fraction of sp³-hybridized carbons (Fsp3) is 0.581. The predicted molar refractivity (Wildman–Crippen MR) is 149 cm³/mol. The normalized spacial score (nSPS) is 24.9. The van der Waals surface area contributed by atoms with E-state index in [1.165, 1.54) is 0 Å². The molecule has 216 valence electrons. The second-order valence-electron chi connectivity index (χ2n) is 13.2. The molecule has 7 rings (SSSR count). The van der Waals surface area contributed by atoms with Crippen LogP contribution in [0, 0.1) is 22.7 Å². The highest BCUT2D eigenvalue weighted by Gasteiger charge is 2.61. The van der Waals surface area contributed by atoms with Gasteiger partial charge < -0.3 is 19.0 Å². The van der Waals surface area contributed by atoms with Crippen LogP contribution in [0.5, 0.6) is 0 Å². The van der Waals surface area contributed by atoms with Gasteiger partial charge in [0, 0.05) is 63.3 Å². The van der Waals surface area contributed by atoms with Crippen LogP contribution in [0.4, 0.5) is 0 Å². The molecule has 0 radical (unpaired) electrons. The number of aromatic nitrogens is 4. The Balaban J connectivity index is 1.08. The molecular formula is C31H38N6O4. The van der Waals surface area contributed by atoms with Crippen LogP contribution in [0.2, 0.25) is 0 Å². The maximum atomic E-state index is 13.7. The van der Waals surface area contributed by atoms with E-state index < -0.39 is 0 Å². The van der Waals surface area contributed by atoms with Crippen molar-refractivity contribution in [2.24, 2.45) is 22.7 Å². The zero-order chi connectivity index (χ0) is 28.2. The van der Waals surface area contributed by atoms with E-state index in [0.717, 1.165) is 44.5 Å². The molecule has 0 bridgehead atoms. The van der Waals surface area contributed by atoms with Gasteiger partial charge in [0.2, 0.25) is 17.7 Å². The largest absolute Gasteiger partial charge is 0.425 e. The summed E-state index contributed by atoms with van der Waals surface area (Å²) >= 11 is 0. The van der Waals surface area contributed by atoms with Crippen molar-refractivity contribution in [3.63, 3.8) is 0 Å². The quantitative estimate of drug-likeness (QED) is 0.438. The van der Waals surface area contributed by atoms with Crippen LogP contribution in [0.3, 0.4) is 0 Å². The number of likely N-dealkylation sites (tertiary alicyclic amines) is 2. The molecule has 3 saturated heterocycles. The third-order valence-electron chi connectivity index (χ3n) is 9.72. The molecule has 4 fully saturated rings. The van der Waals surface area contributed by atoms with Gasteiger partial charge in [-0.05, 0) is 36.2 Å². The van der Waals surface area contributed by atoms with Crippen LogP contribution in [-0.2, 0) is 22.5 Å². The van der Waals surface area contributed by atoms with Crippen LogP contribution in [0.25, 0.3) is 0 Å². The number of amides is 2. The lowest BCUT2D eigenvalue weighted by Gasteiger charge is -2.50. The average Bonchev–Trinajstić information content (AvgIpc) is 3.41. The van der Waals surface area contributed by atoms with E-state index in [0.29, 0.717) is 56.0 Å². The number of carbonyl (C=O) groups excluding carboxylic acids is 2. The molecule has 3 aromatic rings. The lowest BCUT2D eigenvalue weighted by molar-refractivity contribution is -0.146. The Morgan fingerprint density at radius 3 is 2.49 bits per heavy atom. The minimum Gasteiger partial charge on any atom is -0.425 e. The standard InChI is InChI=1S/C31H38N6O4/c1-30(2)13-24(30)29(39)36-19-31(20-36)18-35(28(38)23-14-32-37(16-23)15-22-6-4-3-5-7-22)17-25(31)27-34-33-26(41-27)12-21-8-10-40-11-9-21/h3-7,14,16,21,24-25H,8-13,15,17-20H2,1-2H3/t24-,25?/m1/s1. The fourth-order valence-electron chi connectivity index (χ4n) is 6.96. The second kappa shape index (κ2) is 10.1. The van der Waals surface area contributed by atoms with Gasteiger partial charge in [-0.3, -0.25) is 14.3 Å². The number of hydrogen-bond donors (Lipinski definition) is 0. The van der Waals surface area contributed by atoms with Crippen molar-refractivity contribution in [3.8, 4) is 0 Å². The number of nitrogens with zero attached hydrogens (tertiary/aromatic N) is 6. The van der Waals surface area contributed by atoms with Crippen molar-refractivity contribution >= 4 is 11.8 Å². The van der Waals surface area contributed by atoms with Crippen molar-refractivity contribution in [2.45, 2.75) is 52.0 Å². The number of benzene rings is 1. The van der Waals surface area contributed by atoms with Crippen molar-refractivity contribution in [2.75, 3.05) is 39.4 Å². The molecule has 10 nitrogen and oxygen atoms in total. The summed E-state index contributed by atoms with van der Waals surface area (Å²) in [7, 11) is 0. The Labute approximate surface area is 240 Å². The Morgan fingerprint density at radius 2 is 1.76 bits per heavy atom. The molecule has 3 aliphatic heterocycles. The van der Waals surface area contributed by atoms with Crippen molar-refractivity contribution in [3.05, 3.63) is 65.6 Å². The summed E-state index contributed by atoms with van der Waals surface area (Å²) in [6, 6.07) is 10.1. The number of ether oxygens (including phenoxy) is 1. The first-order valence-corrected chi connectivity index (χ1v) is 14.8. The minimum absolute atomic E-state index is 0.0544. The van der Waals surface area contributed by atoms with Gasteiger partial charge in [-0.2, -0.15) is 5.10 Å². The van der Waals surface area contributed by atoms with Crippen molar-refractivity contribution < 1.29 is 18.7 Å². The molecular weight excluding hydrogens is 520 g/mol. The van der Waals surface area contributed by atoms with E-state index in [9.17, 15) is 9.59 Å². The van der Waals surface area contributed by atoms with Crippen LogP contribution in [0.1, 0.15) is 66.7 Å². The molecule has 5 heterocycles. The van der Waals surface area contributed by atoms with E-state index in [2.05, 4.69) is 29.1 Å². The van der Waals surface area contributed by atoms with Crippen LogP contribution in [-0.4, -0.2) is 81.0 Å². The van der Waals surface area contributed by atoms with Gasteiger partial charge >= 0.3 is 0 Å². The Bertz CT molecular complexity index is 1420. The molecule has 2 aromatic heterocycles. The predicted octanol–water partition coefficient (Wildman–Crippen LogP) is 3.40. The maximum Gasteiger partial charge on any atom is 0.257 e. The summed E-state index contributed by atoms with van der Waals surface area (Å²) in [6.07, 6.45) is 7.16. The minimum atomic E-state index is -0.285. The first kappa shape index (κ1) is 26.4. The Morgan fingerprint density at radius 1 is 1.02 bits per heavy atom. The van der Waals surface area contributed by atoms with E-state index in [1.807, 2.05) is 46.3 Å². The van der Waals surface area contributed by atoms with Crippen molar-refractivity contribution in [1.29, 1.82) is 0 Å². The molecule has 41 heavy (non-hydrogen) atoms. The molecule has 2 amide bonds. The maximum absolute atomic E-state index is 13.7. The second-order valence-corrected chi connectivity index (χ2v) is 13.2. The lowest BCUT2D eigenvalue weighted by atomic mass is 9.71. The smallest absolute Gasteiger partial charge is 0.257 e. The molecule has 10 heteroatoms. The first-order chi connectivity index (χ1) is 19.8. The highest BCUT2D eigenvalue weighted by atomic mass is 16.5. The lowest BCUT2D eigenvalue weighted by Crippen LogP contribution is -2.62. The van der Waals surface area contributed by atoms with E-state index >= 15 is 0 Å². The van der Waals surface area contributed by atoms with Crippen molar-refractivity contribution in [1.82, 2.24) is 29.8 Å². The zero-order valence-corrected chi connectivity index (χ0v) is 23.9. The topological polar surface area (TPSA) is 107 Å². The van der Waals surface area contributed by atoms with Gasteiger partial charge in [-0.25, -0.2) is 0 Å². The summed E-state index contributed by atoms with van der Waals surface area (Å²) in [6.45, 7) is 8.72. The molecule has 1 aromatic carbocycles. The summed E-state index contributed by atoms with van der Waals surface area (Å²) in [5.41, 5.74) is 1.49. The zero-order valence-electron chi connectivity index (χ0n) is 23.9. The SMILES string of the molecule is CC1(C)C[C@@H]1C(=O)N1CC2(CN(C(=O)c3cnn(Cc4ccccc4)c3)CC2c2nnc(CC3CCOCC3)o2)C1. The van der Waals surface area contributed by atoms with E-state index in [-0.39, 0.29) is 34.5 Å². The summed E-state index contributed by atoms with van der Waals surface area (Å²) in [4.78, 5) is 30.8. The molecule has 0 N–H and O–H groups in total. The van der Waals surface area contributed by atoms with Gasteiger partial charge in [0.1, 0.15) is 0 Å². The highest BCUT2D eigenvalue weighted by molar-refractivity contribution is 5.94. The number of rotatable bonds is 7. The third-order valence-corrected chi connectivity index (χ3v) is 9.72. The third kappa shape index (κ3) is 5.07. The fourth-order valence-corrected chi connectivity index (χ4v) is 6.96. The highest BCUT2D eigenvalue weighted by Crippen LogP contribution is 2.55. The molecule has 2 atom stereocenters. The summed E-state index contributed by atoms with van der Waals surface area (Å²) in [5, 5.41) is 13.4. The molecule has 1 aliphatic carbocycles. The molecule has 1 spiro atoms. The van der Waals surface area contributed by atoms with Crippen LogP contribution >= 0.6 is 0 Å². The molecule has 1 saturated carbocycles. The number of carbonyl (C=O) groups is 2. The van der Waals surface area contributed by atoms with Gasteiger partial charge in [0.05, 0.1) is 24.2 Å². The number of hydrogen-bond acceptors (Lipinski definition) is 7. The van der Waals surface area contributed by atoms with Gasteiger partial charge in [0.25, 0.3) is 5.91 Å². The van der Waals surface area contributed by atoms with Gasteiger partial charge in [-0.15, -0.1) is 10.2 Å². The van der Waals surface area contributed by atoms with E-state index in [4.69, 9.17) is 9.15 Å². The monoisotopic (exact) mass is 558 g/mol. The molecule has 4 aliphatic rings. The average molecular weight is 559 g/mol. The van der Waals surface area contributed by atoms with Gasteiger partial charge in [0.15, 0.2) is 0 Å². The summed E-state index contributed by atoms with van der Waals surface area (Å²) in [5.74, 6) is 1.89. The first-order valence-electron chi connectivity index (χ1n) is 14.8. The Hall–Kier alpha value is -3.53. The van der Waals surface area contributed by atoms with E-state index in [1.54, 1.807) is 10.9 Å². The Kier molecular flexibility index (Phi) is 6.48. The summed E-state index contributed by atoms with van der Waals surface area (Å²) < 4.78 is 13.6. The molecule has 1 unspecified atom stereocenters. The van der Waals surface area contributed by atoms with Gasteiger partial charge in [-0.1, -0.05) is 44.2 Å². The van der Waals surface area contributed by atoms with Crippen LogP contribution < -0.4 is 0 Å².